The predicted molar refractivity (Wildman–Crippen MR) is 60.8 cm³/mol. The van der Waals surface area contributed by atoms with Gasteiger partial charge in [-0.05, 0) is 6.42 Å². The molecule has 7 heteroatoms. The molecule has 0 saturated carbocycles. The fourth-order valence-corrected chi connectivity index (χ4v) is 2.39. The number of methoxy groups -OCH3 is 2. The first kappa shape index (κ1) is 15.8. The van der Waals surface area contributed by atoms with Crippen LogP contribution in [0.15, 0.2) is 0 Å². The van der Waals surface area contributed by atoms with E-state index >= 15 is 0 Å². The molecular weight excluding hydrogens is 234 g/mol. The van der Waals surface area contributed by atoms with Crippen molar-refractivity contribution < 1.29 is 23.0 Å². The van der Waals surface area contributed by atoms with Crippen molar-refractivity contribution in [1.29, 1.82) is 0 Å². The molecule has 6 nitrogen and oxygen atoms in total. The van der Waals surface area contributed by atoms with Crippen LogP contribution in [0.3, 0.4) is 0 Å². The Morgan fingerprint density at radius 1 is 1.31 bits per heavy atom. The van der Waals surface area contributed by atoms with Gasteiger partial charge < -0.3 is 14.6 Å². The zero-order chi connectivity index (χ0) is 12.6. The molecule has 0 amide bonds. The van der Waals surface area contributed by atoms with Crippen LogP contribution < -0.4 is 0 Å². The van der Waals surface area contributed by atoms with Gasteiger partial charge in [0, 0.05) is 34.4 Å². The van der Waals surface area contributed by atoms with E-state index in [0.717, 1.165) is 4.31 Å². The lowest BCUT2D eigenvalue weighted by Gasteiger charge is -2.20. The van der Waals surface area contributed by atoms with Gasteiger partial charge in [0.1, 0.15) is 0 Å². The molecular formula is C9H21NO5S. The summed E-state index contributed by atoms with van der Waals surface area (Å²) < 4.78 is 34.0. The van der Waals surface area contributed by atoms with Gasteiger partial charge in [0.15, 0.2) is 0 Å². The van der Waals surface area contributed by atoms with Gasteiger partial charge in [-0.2, -0.15) is 0 Å². The summed E-state index contributed by atoms with van der Waals surface area (Å²) in [6.45, 7) is 0.578. The molecule has 0 saturated heterocycles. The molecule has 0 aliphatic carbocycles. The second-order valence-electron chi connectivity index (χ2n) is 3.55. The Morgan fingerprint density at radius 2 is 1.94 bits per heavy atom. The predicted octanol–water partition coefficient (Wildman–Crippen LogP) is -0.708. The Hall–Kier alpha value is -0.210. The molecule has 1 atom stereocenters. The number of nitrogens with zero attached hydrogens (tertiary/aromatic N) is 1. The number of hydrogen-bond acceptors (Lipinski definition) is 5. The lowest BCUT2D eigenvalue weighted by atomic mass is 10.4. The second kappa shape index (κ2) is 7.97. The van der Waals surface area contributed by atoms with Crippen molar-refractivity contribution >= 4 is 10.0 Å². The van der Waals surface area contributed by atoms with Crippen molar-refractivity contribution in [2.75, 3.05) is 46.8 Å². The number of likely N-dealkylation sites (N-methyl/N-ethyl adjacent to an activating group) is 1. The monoisotopic (exact) mass is 255 g/mol. The highest BCUT2D eigenvalue weighted by atomic mass is 32.2. The van der Waals surface area contributed by atoms with Gasteiger partial charge in [-0.15, -0.1) is 0 Å². The minimum atomic E-state index is -3.31. The van der Waals surface area contributed by atoms with Crippen molar-refractivity contribution in [1.82, 2.24) is 4.31 Å². The second-order valence-corrected chi connectivity index (χ2v) is 5.75. The summed E-state index contributed by atoms with van der Waals surface area (Å²) in [5, 5.41) is 9.40. The van der Waals surface area contributed by atoms with E-state index in [2.05, 4.69) is 0 Å². The molecule has 0 aliphatic heterocycles. The maximum atomic E-state index is 11.7. The Labute approximate surface area is 97.2 Å². The Bertz CT molecular complexity index is 267. The van der Waals surface area contributed by atoms with Crippen LogP contribution in [0.5, 0.6) is 0 Å². The smallest absolute Gasteiger partial charge is 0.214 e. The largest absolute Gasteiger partial charge is 0.389 e. The van der Waals surface area contributed by atoms with Crippen molar-refractivity contribution in [3.8, 4) is 0 Å². The van der Waals surface area contributed by atoms with E-state index in [1.165, 1.54) is 21.3 Å². The van der Waals surface area contributed by atoms with E-state index in [0.29, 0.717) is 13.0 Å². The Kier molecular flexibility index (Phi) is 7.86. The van der Waals surface area contributed by atoms with Gasteiger partial charge in [0.05, 0.1) is 18.5 Å². The molecule has 0 aliphatic rings. The minimum absolute atomic E-state index is 0.0248. The van der Waals surface area contributed by atoms with Crippen molar-refractivity contribution in [3.63, 3.8) is 0 Å². The number of aliphatic hydroxyl groups is 1. The molecule has 0 radical (unpaired) electrons. The number of rotatable bonds is 9. The molecule has 98 valence electrons. The summed E-state index contributed by atoms with van der Waals surface area (Å²) >= 11 is 0. The highest BCUT2D eigenvalue weighted by Crippen LogP contribution is 2.02. The van der Waals surface area contributed by atoms with Gasteiger partial charge in [-0.3, -0.25) is 0 Å². The highest BCUT2D eigenvalue weighted by molar-refractivity contribution is 7.89. The number of aliphatic hydroxyl groups excluding tert-OH is 1. The molecule has 16 heavy (non-hydrogen) atoms. The third-order valence-corrected chi connectivity index (χ3v) is 3.96. The van der Waals surface area contributed by atoms with Crippen LogP contribution in [0.4, 0.5) is 0 Å². The molecule has 1 unspecified atom stereocenters. The first-order chi connectivity index (χ1) is 7.44. The Morgan fingerprint density at radius 3 is 2.44 bits per heavy atom. The average molecular weight is 255 g/mol. The van der Waals surface area contributed by atoms with Crippen LogP contribution in [-0.4, -0.2) is 70.7 Å². The molecule has 0 spiro atoms. The number of sulfonamides is 1. The fraction of sp³-hybridized carbons (Fsp3) is 1.00. The normalized spacial score (nSPS) is 14.3. The first-order valence-corrected chi connectivity index (χ1v) is 6.65. The minimum Gasteiger partial charge on any atom is -0.389 e. The van der Waals surface area contributed by atoms with Gasteiger partial charge in [0.2, 0.25) is 10.0 Å². The van der Waals surface area contributed by atoms with Gasteiger partial charge >= 0.3 is 0 Å². The summed E-state index contributed by atoms with van der Waals surface area (Å²) in [5.41, 5.74) is 0. The van der Waals surface area contributed by atoms with Gasteiger partial charge in [-0.25, -0.2) is 12.7 Å². The van der Waals surface area contributed by atoms with E-state index < -0.39 is 16.1 Å². The number of ether oxygens (including phenoxy) is 2. The van der Waals surface area contributed by atoms with E-state index in [1.54, 1.807) is 0 Å². The van der Waals surface area contributed by atoms with Gasteiger partial charge in [-0.1, -0.05) is 0 Å². The van der Waals surface area contributed by atoms with Crippen molar-refractivity contribution in [3.05, 3.63) is 0 Å². The van der Waals surface area contributed by atoms with Crippen LogP contribution in [0, 0.1) is 0 Å². The molecule has 1 N–H and O–H groups in total. The topological polar surface area (TPSA) is 76.1 Å². The van der Waals surface area contributed by atoms with Crippen LogP contribution in [-0.2, 0) is 19.5 Å². The summed E-state index contributed by atoms with van der Waals surface area (Å²) in [7, 11) is 1.12. The molecule has 0 aromatic heterocycles. The zero-order valence-electron chi connectivity index (χ0n) is 10.0. The van der Waals surface area contributed by atoms with Crippen LogP contribution in [0.2, 0.25) is 0 Å². The van der Waals surface area contributed by atoms with Crippen molar-refractivity contribution in [2.24, 2.45) is 0 Å². The highest BCUT2D eigenvalue weighted by Gasteiger charge is 2.20. The standard InChI is InChI=1S/C9H21NO5S/c1-10(7-9(11)8-15-3)16(12,13)6-4-5-14-2/h9,11H,4-8H2,1-3H3. The van der Waals surface area contributed by atoms with Crippen LogP contribution >= 0.6 is 0 Å². The van der Waals surface area contributed by atoms with E-state index in [1.807, 2.05) is 0 Å². The molecule has 0 fully saturated rings. The van der Waals surface area contributed by atoms with Crippen molar-refractivity contribution in [2.45, 2.75) is 12.5 Å². The molecule has 0 bridgehead atoms. The molecule has 0 heterocycles. The maximum Gasteiger partial charge on any atom is 0.214 e. The summed E-state index contributed by atoms with van der Waals surface area (Å²) in [6, 6.07) is 0. The third kappa shape index (κ3) is 6.39. The summed E-state index contributed by atoms with van der Waals surface area (Å²) in [5.74, 6) is 0.0248. The lowest BCUT2D eigenvalue weighted by Crippen LogP contribution is -2.37. The van der Waals surface area contributed by atoms with E-state index in [4.69, 9.17) is 9.47 Å². The molecule has 0 aromatic carbocycles. The average Bonchev–Trinajstić information content (AvgIpc) is 2.18. The van der Waals surface area contributed by atoms with Crippen LogP contribution in [0.1, 0.15) is 6.42 Å². The fourth-order valence-electron chi connectivity index (χ4n) is 1.20. The Balaban J connectivity index is 4.08. The SMILES string of the molecule is COCCCS(=O)(=O)N(C)CC(O)COC. The maximum absolute atomic E-state index is 11.7. The van der Waals surface area contributed by atoms with E-state index in [9.17, 15) is 13.5 Å². The zero-order valence-corrected chi connectivity index (χ0v) is 10.9. The van der Waals surface area contributed by atoms with Crippen LogP contribution in [0.25, 0.3) is 0 Å². The van der Waals surface area contributed by atoms with Gasteiger partial charge in [0.25, 0.3) is 0 Å². The number of hydrogen-bond donors (Lipinski definition) is 1. The summed E-state index contributed by atoms with van der Waals surface area (Å²) in [6.07, 6.45) is -0.351. The van der Waals surface area contributed by atoms with E-state index in [-0.39, 0.29) is 18.9 Å². The summed E-state index contributed by atoms with van der Waals surface area (Å²) in [4.78, 5) is 0. The third-order valence-electron chi connectivity index (χ3n) is 2.05. The quantitative estimate of drug-likeness (QED) is 0.551. The molecule has 0 aromatic rings. The first-order valence-electron chi connectivity index (χ1n) is 5.04. The lowest BCUT2D eigenvalue weighted by molar-refractivity contribution is 0.0554. The molecule has 0 rings (SSSR count).